The Morgan fingerprint density at radius 2 is 0.885 bits per heavy atom. The average Bonchev–Trinajstić information content (AvgIpc) is 3.96. The minimum atomic E-state index is -0.799. The molecule has 2 heterocycles. The number of aliphatic hydroxyl groups excluding tert-OH is 1. The Morgan fingerprint density at radius 1 is 0.525 bits per heavy atom. The molecule has 11 nitrogen and oxygen atoms in total. The van der Waals surface area contributed by atoms with Crippen LogP contribution in [0.2, 0.25) is 19.6 Å². The van der Waals surface area contributed by atoms with Crippen molar-refractivity contribution in [2.45, 2.75) is 44.7 Å². The highest BCUT2D eigenvalue weighted by molar-refractivity contribution is 9.26. The van der Waals surface area contributed by atoms with Gasteiger partial charge in [0.15, 0.2) is 11.6 Å². The summed E-state index contributed by atoms with van der Waals surface area (Å²) in [5.74, 6) is 3.04. The highest BCUT2D eigenvalue weighted by Gasteiger charge is 2.17. The first-order valence-electron chi connectivity index (χ1n) is 19.6. The summed E-state index contributed by atoms with van der Waals surface area (Å²) in [6.07, 6.45) is 0. The number of tetrazole rings is 2. The molecule has 0 fully saturated rings. The van der Waals surface area contributed by atoms with Crippen molar-refractivity contribution in [1.29, 1.82) is 0 Å². The van der Waals surface area contributed by atoms with Crippen molar-refractivity contribution < 1.29 is 14.6 Å². The third-order valence-corrected chi connectivity index (χ3v) is 9.94. The lowest BCUT2D eigenvalue weighted by Crippen LogP contribution is -2.06. The maximum atomic E-state index is 9.28. The fourth-order valence-electron chi connectivity index (χ4n) is 6.42. The maximum Gasteiger partial charge on any atom is 0.182 e. The van der Waals surface area contributed by atoms with Gasteiger partial charge in [-0.2, -0.15) is 0 Å². The van der Waals surface area contributed by atoms with Gasteiger partial charge in [-0.25, -0.2) is 9.36 Å². The predicted octanol–water partition coefficient (Wildman–Crippen LogP) is 10.7. The van der Waals surface area contributed by atoms with E-state index in [1.165, 1.54) is 5.56 Å². The van der Waals surface area contributed by atoms with Gasteiger partial charge in [0.05, 0.1) is 33.9 Å². The summed E-state index contributed by atoms with van der Waals surface area (Å²) in [6, 6.07) is 48.3. The Hall–Kier alpha value is -5.80. The van der Waals surface area contributed by atoms with Crippen LogP contribution >= 0.6 is 31.2 Å². The number of methoxy groups -OCH3 is 2. The Balaban J connectivity index is 0.000000184. The van der Waals surface area contributed by atoms with Crippen molar-refractivity contribution in [3.63, 3.8) is 0 Å². The average molecular weight is 961 g/mol. The first-order chi connectivity index (χ1) is 29.6. The van der Waals surface area contributed by atoms with Gasteiger partial charge in [-0.1, -0.05) is 169 Å². The lowest BCUT2D eigenvalue weighted by Gasteiger charge is -2.12. The Kier molecular flexibility index (Phi) is 15.9. The van der Waals surface area contributed by atoms with Crippen LogP contribution in [0, 0.1) is 0 Å². The molecule has 312 valence electrons. The van der Waals surface area contributed by atoms with E-state index in [0.29, 0.717) is 18.9 Å². The molecule has 0 aliphatic carbocycles. The number of halogens is 2. The monoisotopic (exact) mass is 958 g/mol. The van der Waals surface area contributed by atoms with Crippen molar-refractivity contribution in [2.75, 3.05) is 14.2 Å². The minimum absolute atomic E-state index is 0.0269. The van der Waals surface area contributed by atoms with Crippen LogP contribution in [0.4, 0.5) is 0 Å². The number of benzene rings is 6. The van der Waals surface area contributed by atoms with Crippen LogP contribution < -0.4 is 9.47 Å². The van der Waals surface area contributed by atoms with Gasteiger partial charge in [0, 0.05) is 27.6 Å². The molecule has 0 saturated heterocycles. The second-order valence-corrected chi connectivity index (χ2v) is 26.6. The summed E-state index contributed by atoms with van der Waals surface area (Å²) >= 11 is 7.01. The van der Waals surface area contributed by atoms with Crippen LogP contribution in [0.1, 0.15) is 22.3 Å². The topological polar surface area (TPSA) is 126 Å². The Bertz CT molecular complexity index is 2430. The second kappa shape index (κ2) is 21.6. The SMILES string of the molecule is COc1ccccc1Cn1nnnc1-c1ccccc1-c1ccc(CBr)cc1.COc1ccccc1Cn1nnnc1-c1ccccc1-c1ccc(CO)cc1.C[Si](C)(C)Br. The van der Waals surface area contributed by atoms with Gasteiger partial charge in [0.1, 0.15) is 18.2 Å². The van der Waals surface area contributed by atoms with Crippen molar-refractivity contribution in [3.05, 3.63) is 168 Å². The van der Waals surface area contributed by atoms with Gasteiger partial charge in [-0.15, -0.1) is 25.5 Å². The molecule has 6 aromatic carbocycles. The number of aliphatic hydroxyl groups is 1. The number of hydrogen-bond donors (Lipinski definition) is 1. The largest absolute Gasteiger partial charge is 0.496 e. The van der Waals surface area contributed by atoms with E-state index < -0.39 is 6.69 Å². The van der Waals surface area contributed by atoms with Gasteiger partial charge in [-0.3, -0.25) is 0 Å². The van der Waals surface area contributed by atoms with Gasteiger partial charge in [0.25, 0.3) is 0 Å². The lowest BCUT2D eigenvalue weighted by molar-refractivity contribution is 0.282. The molecule has 0 unspecified atom stereocenters. The number of nitrogens with zero attached hydrogens (tertiary/aromatic N) is 8. The molecule has 0 radical (unpaired) electrons. The zero-order chi connectivity index (χ0) is 43.2. The molecule has 2 aromatic heterocycles. The molecular weight excluding hydrogens is 912 g/mol. The van der Waals surface area contributed by atoms with Crippen LogP contribution in [0.5, 0.6) is 11.5 Å². The zero-order valence-electron chi connectivity index (χ0n) is 34.8. The molecule has 0 aliphatic heterocycles. The third-order valence-electron chi connectivity index (χ3n) is 9.29. The van der Waals surface area contributed by atoms with E-state index in [1.807, 2.05) is 114 Å². The van der Waals surface area contributed by atoms with E-state index >= 15 is 0 Å². The third kappa shape index (κ3) is 12.2. The number of aromatic nitrogens is 8. The van der Waals surface area contributed by atoms with E-state index in [4.69, 9.17) is 9.47 Å². The molecular formula is C47H48Br2N8O3Si. The molecule has 8 rings (SSSR count). The first-order valence-corrected chi connectivity index (χ1v) is 26.5. The zero-order valence-corrected chi connectivity index (χ0v) is 39.0. The van der Waals surface area contributed by atoms with Gasteiger partial charge in [0.2, 0.25) is 0 Å². The molecule has 61 heavy (non-hydrogen) atoms. The molecule has 0 aliphatic rings. The highest BCUT2D eigenvalue weighted by atomic mass is 79.9. The number of para-hydroxylation sites is 2. The number of alkyl halides is 1. The standard InChI is InChI=1S/C22H19BrN4O.C22H20N4O2.C3H9BrSi/c1-28-21-9-5-2-6-18(21)15-27-22(24-25-26-27)20-8-4-3-7-19(20)17-12-10-16(14-23)11-13-17;1-28-21-9-5-2-6-18(21)14-26-22(23-24-25-26)20-8-4-3-7-19(20)17-12-10-16(15-27)11-13-17;1-5(2,3)4/h2-13H,14-15H2,1H3;2-13,27H,14-15H2,1H3;1-3H3. The predicted molar refractivity (Wildman–Crippen MR) is 252 cm³/mol. The van der Waals surface area contributed by atoms with E-state index in [1.54, 1.807) is 18.9 Å². The van der Waals surface area contributed by atoms with Gasteiger partial charge in [-0.05, 0) is 66.4 Å². The van der Waals surface area contributed by atoms with Gasteiger partial charge >= 0.3 is 0 Å². The highest BCUT2D eigenvalue weighted by Crippen LogP contribution is 2.33. The van der Waals surface area contributed by atoms with Crippen LogP contribution in [0.3, 0.4) is 0 Å². The smallest absolute Gasteiger partial charge is 0.182 e. The minimum Gasteiger partial charge on any atom is -0.496 e. The van der Waals surface area contributed by atoms with Crippen LogP contribution in [-0.2, 0) is 25.0 Å². The van der Waals surface area contributed by atoms with Crippen molar-refractivity contribution in [1.82, 2.24) is 40.4 Å². The fraction of sp³-hybridized carbons (Fsp3) is 0.191. The quantitative estimate of drug-likeness (QED) is 0.0724. The van der Waals surface area contributed by atoms with Crippen LogP contribution in [0.25, 0.3) is 45.0 Å². The summed E-state index contributed by atoms with van der Waals surface area (Å²) in [5, 5.41) is 35.0. The first kappa shape index (κ1) is 44.7. The van der Waals surface area contributed by atoms with Crippen LogP contribution in [0.15, 0.2) is 146 Å². The summed E-state index contributed by atoms with van der Waals surface area (Å²) < 4.78 is 14.5. The molecule has 14 heteroatoms. The summed E-state index contributed by atoms with van der Waals surface area (Å²) in [7, 11) is 3.33. The Labute approximate surface area is 374 Å². The second-order valence-electron chi connectivity index (χ2n) is 14.8. The Morgan fingerprint density at radius 3 is 1.26 bits per heavy atom. The maximum absolute atomic E-state index is 9.28. The fourth-order valence-corrected chi connectivity index (χ4v) is 6.79. The van der Waals surface area contributed by atoms with Gasteiger partial charge < -0.3 is 14.6 Å². The number of hydrogen-bond acceptors (Lipinski definition) is 9. The molecule has 0 atom stereocenters. The van der Waals surface area contributed by atoms with Crippen molar-refractivity contribution in [2.24, 2.45) is 0 Å². The molecule has 0 saturated carbocycles. The van der Waals surface area contributed by atoms with Crippen molar-refractivity contribution >= 4 is 37.9 Å². The summed E-state index contributed by atoms with van der Waals surface area (Å²) in [6.45, 7) is 6.99. The van der Waals surface area contributed by atoms with E-state index in [2.05, 4.69) is 118 Å². The molecule has 0 spiro atoms. The van der Waals surface area contributed by atoms with E-state index in [-0.39, 0.29) is 6.61 Å². The molecule has 0 bridgehead atoms. The molecule has 0 amide bonds. The van der Waals surface area contributed by atoms with E-state index in [0.717, 1.165) is 72.7 Å². The number of ether oxygens (including phenoxy) is 2. The summed E-state index contributed by atoms with van der Waals surface area (Å²) in [4.78, 5) is 0. The summed E-state index contributed by atoms with van der Waals surface area (Å²) in [5.41, 5.74) is 10.4. The lowest BCUT2D eigenvalue weighted by atomic mass is 9.98. The number of rotatable bonds is 12. The van der Waals surface area contributed by atoms with Crippen LogP contribution in [-0.4, -0.2) is 66.4 Å². The normalized spacial score (nSPS) is 10.9. The molecule has 8 aromatic rings. The van der Waals surface area contributed by atoms with Crippen molar-refractivity contribution in [3.8, 4) is 56.5 Å². The van der Waals surface area contributed by atoms with E-state index in [9.17, 15) is 5.11 Å². The molecule has 1 N–H and O–H groups in total.